The number of amides is 1. The van der Waals surface area contributed by atoms with Gasteiger partial charge in [0.15, 0.2) is 5.69 Å². The number of aromatic nitrogens is 2. The van der Waals surface area contributed by atoms with E-state index in [9.17, 15) is 4.79 Å². The molecular weight excluding hydrogens is 380 g/mol. The van der Waals surface area contributed by atoms with Gasteiger partial charge in [0, 0.05) is 13.1 Å². The van der Waals surface area contributed by atoms with Gasteiger partial charge >= 0.3 is 0 Å². The minimum absolute atomic E-state index is 0.178. The molecule has 0 aliphatic carbocycles. The first-order valence-corrected chi connectivity index (χ1v) is 9.57. The molecule has 1 heterocycles. The highest BCUT2D eigenvalue weighted by Crippen LogP contribution is 2.25. The van der Waals surface area contributed by atoms with Gasteiger partial charge in [0.05, 0.1) is 10.2 Å². The Labute approximate surface area is 158 Å². The SMILES string of the molecule is CCN(CC)Cc1ccc(CNC(=O)c2n[nH]c(C(C)C)c2Br)cc1. The molecule has 6 heteroatoms. The van der Waals surface area contributed by atoms with Crippen LogP contribution in [0.15, 0.2) is 28.7 Å². The van der Waals surface area contributed by atoms with Crippen LogP contribution in [-0.2, 0) is 13.1 Å². The van der Waals surface area contributed by atoms with Gasteiger partial charge in [0.2, 0.25) is 0 Å². The van der Waals surface area contributed by atoms with Gasteiger partial charge in [-0.2, -0.15) is 5.10 Å². The molecule has 0 fully saturated rings. The molecule has 1 amide bonds. The summed E-state index contributed by atoms with van der Waals surface area (Å²) in [4.78, 5) is 14.7. The van der Waals surface area contributed by atoms with E-state index in [0.717, 1.165) is 35.4 Å². The maximum atomic E-state index is 12.3. The van der Waals surface area contributed by atoms with Gasteiger partial charge < -0.3 is 5.32 Å². The number of carbonyl (C=O) groups excluding carboxylic acids is 1. The lowest BCUT2D eigenvalue weighted by molar-refractivity contribution is 0.0945. The summed E-state index contributed by atoms with van der Waals surface area (Å²) in [6, 6.07) is 8.39. The van der Waals surface area contributed by atoms with Crippen molar-refractivity contribution in [3.8, 4) is 0 Å². The second-order valence-corrected chi connectivity index (χ2v) is 7.21. The Kier molecular flexibility index (Phi) is 7.20. The normalized spacial score (nSPS) is 11.3. The molecule has 1 aromatic carbocycles. The monoisotopic (exact) mass is 406 g/mol. The van der Waals surface area contributed by atoms with Crippen LogP contribution in [0, 0.1) is 0 Å². The summed E-state index contributed by atoms with van der Waals surface area (Å²) in [7, 11) is 0. The Balaban J connectivity index is 1.94. The van der Waals surface area contributed by atoms with Crippen LogP contribution < -0.4 is 5.32 Å². The Morgan fingerprint density at radius 1 is 1.20 bits per heavy atom. The third-order valence-electron chi connectivity index (χ3n) is 4.30. The van der Waals surface area contributed by atoms with Crippen LogP contribution in [0.4, 0.5) is 0 Å². The van der Waals surface area contributed by atoms with Crippen LogP contribution >= 0.6 is 15.9 Å². The lowest BCUT2D eigenvalue weighted by Crippen LogP contribution is -2.24. The summed E-state index contributed by atoms with van der Waals surface area (Å²) < 4.78 is 0.745. The van der Waals surface area contributed by atoms with E-state index in [1.165, 1.54) is 5.56 Å². The first-order valence-electron chi connectivity index (χ1n) is 8.78. The average Bonchev–Trinajstić information content (AvgIpc) is 3.00. The minimum Gasteiger partial charge on any atom is -0.347 e. The van der Waals surface area contributed by atoms with Crippen LogP contribution in [-0.4, -0.2) is 34.1 Å². The number of aromatic amines is 1. The minimum atomic E-state index is -0.178. The van der Waals surface area contributed by atoms with Crippen molar-refractivity contribution in [2.45, 2.75) is 46.7 Å². The summed E-state index contributed by atoms with van der Waals surface area (Å²) in [5, 5.41) is 9.98. The Morgan fingerprint density at radius 2 is 1.80 bits per heavy atom. The first kappa shape index (κ1) is 19.7. The van der Waals surface area contributed by atoms with Crippen molar-refractivity contribution in [3.63, 3.8) is 0 Å². The van der Waals surface area contributed by atoms with Crippen molar-refractivity contribution in [1.82, 2.24) is 20.4 Å². The molecule has 0 aliphatic rings. The Bertz CT molecular complexity index is 690. The van der Waals surface area contributed by atoms with E-state index in [-0.39, 0.29) is 11.8 Å². The molecule has 0 bridgehead atoms. The molecule has 0 spiro atoms. The highest BCUT2D eigenvalue weighted by molar-refractivity contribution is 9.10. The molecule has 0 saturated heterocycles. The number of rotatable bonds is 8. The molecule has 2 aromatic rings. The molecule has 5 nitrogen and oxygen atoms in total. The zero-order chi connectivity index (χ0) is 18.4. The molecule has 136 valence electrons. The molecular formula is C19H27BrN4O. The third kappa shape index (κ3) is 5.16. The van der Waals surface area contributed by atoms with Gasteiger partial charge in [0.1, 0.15) is 0 Å². The van der Waals surface area contributed by atoms with Gasteiger partial charge in [-0.25, -0.2) is 0 Å². The molecule has 0 radical (unpaired) electrons. The number of nitrogens with one attached hydrogen (secondary N) is 2. The number of benzene rings is 1. The first-order chi connectivity index (χ1) is 12.0. The number of nitrogens with zero attached hydrogens (tertiary/aromatic N) is 2. The summed E-state index contributed by atoms with van der Waals surface area (Å²) in [6.45, 7) is 12.0. The summed E-state index contributed by atoms with van der Waals surface area (Å²) in [5.74, 6) is 0.101. The predicted octanol–water partition coefficient (Wildman–Crippen LogP) is 4.07. The van der Waals surface area contributed by atoms with Gasteiger partial charge in [0.25, 0.3) is 5.91 Å². The standard InChI is InChI=1S/C19H27BrN4O/c1-5-24(6-2)12-15-9-7-14(8-10-15)11-21-19(25)18-16(20)17(13(3)4)22-23-18/h7-10,13H,5-6,11-12H2,1-4H3,(H,21,25)(H,22,23). The van der Waals surface area contributed by atoms with Crippen molar-refractivity contribution in [1.29, 1.82) is 0 Å². The number of hydrogen-bond donors (Lipinski definition) is 2. The third-order valence-corrected chi connectivity index (χ3v) is 5.10. The molecule has 2 rings (SSSR count). The molecule has 1 aromatic heterocycles. The van der Waals surface area contributed by atoms with E-state index in [1.54, 1.807) is 0 Å². The number of halogens is 1. The number of hydrogen-bond acceptors (Lipinski definition) is 3. The van der Waals surface area contributed by atoms with E-state index in [4.69, 9.17) is 0 Å². The fourth-order valence-corrected chi connectivity index (χ4v) is 3.42. The van der Waals surface area contributed by atoms with Gasteiger partial charge in [-0.1, -0.05) is 52.0 Å². The summed E-state index contributed by atoms with van der Waals surface area (Å²) in [6.07, 6.45) is 0. The Hall–Kier alpha value is -1.66. The van der Waals surface area contributed by atoms with E-state index < -0.39 is 0 Å². The zero-order valence-corrected chi connectivity index (χ0v) is 17.0. The van der Waals surface area contributed by atoms with Crippen LogP contribution in [0.25, 0.3) is 0 Å². The summed E-state index contributed by atoms with van der Waals surface area (Å²) >= 11 is 3.47. The van der Waals surface area contributed by atoms with Crippen molar-refractivity contribution in [2.75, 3.05) is 13.1 Å². The fraction of sp³-hybridized carbons (Fsp3) is 0.474. The molecule has 0 saturated carbocycles. The predicted molar refractivity (Wildman–Crippen MR) is 105 cm³/mol. The highest BCUT2D eigenvalue weighted by Gasteiger charge is 2.18. The molecule has 0 unspecified atom stereocenters. The van der Waals surface area contributed by atoms with Crippen molar-refractivity contribution in [2.24, 2.45) is 0 Å². The molecule has 2 N–H and O–H groups in total. The smallest absolute Gasteiger partial charge is 0.273 e. The van der Waals surface area contributed by atoms with Crippen LogP contribution in [0.5, 0.6) is 0 Å². The zero-order valence-electron chi connectivity index (χ0n) is 15.4. The highest BCUT2D eigenvalue weighted by atomic mass is 79.9. The Morgan fingerprint density at radius 3 is 2.32 bits per heavy atom. The maximum absolute atomic E-state index is 12.3. The van der Waals surface area contributed by atoms with Crippen LogP contribution in [0.1, 0.15) is 60.9 Å². The van der Waals surface area contributed by atoms with Crippen LogP contribution in [0.2, 0.25) is 0 Å². The van der Waals surface area contributed by atoms with Gasteiger partial charge in [-0.05, 0) is 46.1 Å². The van der Waals surface area contributed by atoms with Crippen LogP contribution in [0.3, 0.4) is 0 Å². The largest absolute Gasteiger partial charge is 0.347 e. The van der Waals surface area contributed by atoms with Gasteiger partial charge in [-0.3, -0.25) is 14.8 Å². The fourth-order valence-electron chi connectivity index (χ4n) is 2.61. The average molecular weight is 407 g/mol. The number of carbonyl (C=O) groups is 1. The molecule has 0 atom stereocenters. The second-order valence-electron chi connectivity index (χ2n) is 6.42. The quantitative estimate of drug-likeness (QED) is 0.694. The molecule has 0 aliphatic heterocycles. The van der Waals surface area contributed by atoms with Gasteiger partial charge in [-0.15, -0.1) is 0 Å². The van der Waals surface area contributed by atoms with Crippen molar-refractivity contribution in [3.05, 3.63) is 51.3 Å². The second kappa shape index (κ2) is 9.15. The lowest BCUT2D eigenvalue weighted by Gasteiger charge is -2.18. The lowest BCUT2D eigenvalue weighted by atomic mass is 10.1. The van der Waals surface area contributed by atoms with E-state index in [0.29, 0.717) is 12.2 Å². The number of H-pyrrole nitrogens is 1. The maximum Gasteiger partial charge on any atom is 0.273 e. The van der Waals surface area contributed by atoms with Crippen molar-refractivity contribution < 1.29 is 4.79 Å². The topological polar surface area (TPSA) is 61.0 Å². The molecule has 25 heavy (non-hydrogen) atoms. The van der Waals surface area contributed by atoms with E-state index in [1.807, 2.05) is 0 Å². The summed E-state index contributed by atoms with van der Waals surface area (Å²) in [5.41, 5.74) is 3.70. The van der Waals surface area contributed by atoms with E-state index in [2.05, 4.69) is 88.3 Å². The van der Waals surface area contributed by atoms with Crippen molar-refractivity contribution >= 4 is 21.8 Å². The van der Waals surface area contributed by atoms with E-state index >= 15 is 0 Å².